The Morgan fingerprint density at radius 2 is 1.19 bits per heavy atom. The molecule has 0 spiro atoms. The molecule has 2 saturated carbocycles. The fourth-order valence-electron chi connectivity index (χ4n) is 4.54. The van der Waals surface area contributed by atoms with Gasteiger partial charge in [0.25, 0.3) is 0 Å². The Kier molecular flexibility index (Phi) is 7.62. The zero-order valence-electron chi connectivity index (χ0n) is 14.2. The van der Waals surface area contributed by atoms with Gasteiger partial charge in [-0.3, -0.25) is 0 Å². The van der Waals surface area contributed by atoms with E-state index in [2.05, 4.69) is 13.0 Å². The molecule has 2 fully saturated rings. The van der Waals surface area contributed by atoms with Crippen LogP contribution in [-0.4, -0.2) is 0 Å². The van der Waals surface area contributed by atoms with Gasteiger partial charge in [0, 0.05) is 5.92 Å². The Morgan fingerprint density at radius 1 is 0.714 bits per heavy atom. The van der Waals surface area contributed by atoms with Gasteiger partial charge >= 0.3 is 0 Å². The molecular formula is C20H35N. The summed E-state index contributed by atoms with van der Waals surface area (Å²) in [6.07, 6.45) is 19.7. The topological polar surface area (TPSA) is 23.8 Å². The summed E-state index contributed by atoms with van der Waals surface area (Å²) in [6.45, 7) is 2.31. The molecule has 0 bridgehead atoms. The van der Waals surface area contributed by atoms with Crippen molar-refractivity contribution in [3.63, 3.8) is 0 Å². The smallest absolute Gasteiger partial charge is 0.0655 e. The summed E-state index contributed by atoms with van der Waals surface area (Å²) in [6, 6.07) is 2.46. The fraction of sp³-hybridized carbons (Fsp3) is 0.950. The predicted molar refractivity (Wildman–Crippen MR) is 89.9 cm³/mol. The first kappa shape index (κ1) is 16.9. The van der Waals surface area contributed by atoms with Crippen molar-refractivity contribution in [1.82, 2.24) is 0 Å². The van der Waals surface area contributed by atoms with Crippen LogP contribution < -0.4 is 0 Å². The van der Waals surface area contributed by atoms with Gasteiger partial charge in [-0.1, -0.05) is 71.1 Å². The quantitative estimate of drug-likeness (QED) is 0.492. The van der Waals surface area contributed by atoms with E-state index in [1.807, 2.05) is 0 Å². The summed E-state index contributed by atoms with van der Waals surface area (Å²) in [5, 5.41) is 8.96. The Morgan fingerprint density at radius 3 is 1.67 bits per heavy atom. The molecule has 0 aromatic carbocycles. The SMILES string of the molecule is CCCCC[C@H]1CC[C@H](CCC2CCC(C#N)CC2)CC1. The molecule has 0 aromatic heterocycles. The molecule has 0 atom stereocenters. The molecule has 0 saturated heterocycles. The van der Waals surface area contributed by atoms with E-state index in [4.69, 9.17) is 5.26 Å². The number of unbranched alkanes of at least 4 members (excludes halogenated alkanes) is 2. The Labute approximate surface area is 132 Å². The third-order valence-electron chi connectivity index (χ3n) is 6.19. The van der Waals surface area contributed by atoms with Crippen LogP contribution in [-0.2, 0) is 0 Å². The predicted octanol–water partition coefficient (Wildman–Crippen LogP) is 6.48. The molecular weight excluding hydrogens is 254 g/mol. The van der Waals surface area contributed by atoms with Gasteiger partial charge in [0.1, 0.15) is 0 Å². The second kappa shape index (κ2) is 9.50. The maximum Gasteiger partial charge on any atom is 0.0655 e. The monoisotopic (exact) mass is 289 g/mol. The highest BCUT2D eigenvalue weighted by Crippen LogP contribution is 2.37. The number of hydrogen-bond donors (Lipinski definition) is 0. The van der Waals surface area contributed by atoms with E-state index in [9.17, 15) is 0 Å². The average molecular weight is 290 g/mol. The van der Waals surface area contributed by atoms with Gasteiger partial charge < -0.3 is 0 Å². The summed E-state index contributed by atoms with van der Waals surface area (Å²) >= 11 is 0. The summed E-state index contributed by atoms with van der Waals surface area (Å²) in [5.41, 5.74) is 0. The molecule has 120 valence electrons. The largest absolute Gasteiger partial charge is 0.198 e. The van der Waals surface area contributed by atoms with E-state index >= 15 is 0 Å². The highest BCUT2D eigenvalue weighted by Gasteiger charge is 2.24. The van der Waals surface area contributed by atoms with Crippen molar-refractivity contribution in [1.29, 1.82) is 5.26 Å². The first-order valence-corrected chi connectivity index (χ1v) is 9.71. The number of nitrogens with zero attached hydrogens (tertiary/aromatic N) is 1. The summed E-state index contributed by atoms with van der Waals surface area (Å²) in [5.74, 6) is 3.40. The van der Waals surface area contributed by atoms with Crippen molar-refractivity contribution in [2.75, 3.05) is 0 Å². The van der Waals surface area contributed by atoms with Gasteiger partial charge in [-0.25, -0.2) is 0 Å². The molecule has 2 aliphatic rings. The number of hydrogen-bond acceptors (Lipinski definition) is 1. The number of rotatable bonds is 7. The zero-order chi connectivity index (χ0) is 14.9. The molecule has 0 unspecified atom stereocenters. The van der Waals surface area contributed by atoms with Crippen LogP contribution in [0.3, 0.4) is 0 Å². The molecule has 0 heterocycles. The maximum atomic E-state index is 8.96. The van der Waals surface area contributed by atoms with Gasteiger partial charge in [-0.15, -0.1) is 0 Å². The molecule has 0 amide bonds. The Hall–Kier alpha value is -0.510. The van der Waals surface area contributed by atoms with Crippen LogP contribution in [0, 0.1) is 35.0 Å². The van der Waals surface area contributed by atoms with Crippen molar-refractivity contribution < 1.29 is 0 Å². The molecule has 0 N–H and O–H groups in total. The van der Waals surface area contributed by atoms with Crippen LogP contribution in [0.15, 0.2) is 0 Å². The second-order valence-corrected chi connectivity index (χ2v) is 7.81. The minimum atomic E-state index is 0.375. The van der Waals surface area contributed by atoms with Crippen LogP contribution in [0.1, 0.15) is 96.8 Å². The van der Waals surface area contributed by atoms with Crippen LogP contribution in [0.5, 0.6) is 0 Å². The average Bonchev–Trinajstić information content (AvgIpc) is 2.55. The highest BCUT2D eigenvalue weighted by atomic mass is 14.3. The second-order valence-electron chi connectivity index (χ2n) is 7.81. The van der Waals surface area contributed by atoms with Crippen molar-refractivity contribution in [3.05, 3.63) is 0 Å². The van der Waals surface area contributed by atoms with E-state index in [-0.39, 0.29) is 0 Å². The van der Waals surface area contributed by atoms with Crippen molar-refractivity contribution in [2.45, 2.75) is 96.8 Å². The van der Waals surface area contributed by atoms with E-state index in [1.54, 1.807) is 0 Å². The molecule has 1 nitrogen and oxygen atoms in total. The lowest BCUT2D eigenvalue weighted by atomic mass is 9.75. The van der Waals surface area contributed by atoms with Crippen LogP contribution in [0.2, 0.25) is 0 Å². The molecule has 21 heavy (non-hydrogen) atoms. The standard InChI is InChI=1S/C20H35N/c1-2-3-4-5-17-6-8-18(9-7-17)10-11-19-12-14-20(16-21)15-13-19/h17-20H,2-15H2,1H3/t17-,18-,19?,20?. The van der Waals surface area contributed by atoms with Gasteiger partial charge in [0.15, 0.2) is 0 Å². The third-order valence-corrected chi connectivity index (χ3v) is 6.19. The Balaban J connectivity index is 1.54. The minimum Gasteiger partial charge on any atom is -0.198 e. The van der Waals surface area contributed by atoms with Crippen molar-refractivity contribution >= 4 is 0 Å². The lowest BCUT2D eigenvalue weighted by molar-refractivity contribution is 0.220. The summed E-state index contributed by atoms with van der Waals surface area (Å²) in [7, 11) is 0. The van der Waals surface area contributed by atoms with Gasteiger partial charge in [0.2, 0.25) is 0 Å². The normalized spacial score (nSPS) is 33.5. The highest BCUT2D eigenvalue weighted by molar-refractivity contribution is 4.87. The molecule has 2 rings (SSSR count). The fourth-order valence-corrected chi connectivity index (χ4v) is 4.54. The van der Waals surface area contributed by atoms with E-state index in [0.717, 1.165) is 17.8 Å². The molecule has 2 aliphatic carbocycles. The molecule has 1 heteroatoms. The molecule has 0 radical (unpaired) electrons. The van der Waals surface area contributed by atoms with Crippen LogP contribution >= 0.6 is 0 Å². The Bertz CT molecular complexity index is 300. The van der Waals surface area contributed by atoms with E-state index < -0.39 is 0 Å². The third kappa shape index (κ3) is 6.01. The first-order chi connectivity index (χ1) is 10.3. The van der Waals surface area contributed by atoms with Crippen molar-refractivity contribution in [3.8, 4) is 6.07 Å². The maximum absolute atomic E-state index is 8.96. The van der Waals surface area contributed by atoms with E-state index in [0.29, 0.717) is 5.92 Å². The lowest BCUT2D eigenvalue weighted by Gasteiger charge is -2.31. The molecule has 0 aromatic rings. The lowest BCUT2D eigenvalue weighted by Crippen LogP contribution is -2.17. The summed E-state index contributed by atoms with van der Waals surface area (Å²) < 4.78 is 0. The van der Waals surface area contributed by atoms with Gasteiger partial charge in [-0.2, -0.15) is 5.26 Å². The zero-order valence-corrected chi connectivity index (χ0v) is 14.2. The molecule has 0 aliphatic heterocycles. The van der Waals surface area contributed by atoms with Crippen LogP contribution in [0.25, 0.3) is 0 Å². The number of nitriles is 1. The minimum absolute atomic E-state index is 0.375. The summed E-state index contributed by atoms with van der Waals surface area (Å²) in [4.78, 5) is 0. The van der Waals surface area contributed by atoms with Gasteiger partial charge in [-0.05, 0) is 43.4 Å². The van der Waals surface area contributed by atoms with Gasteiger partial charge in [0.05, 0.1) is 6.07 Å². The van der Waals surface area contributed by atoms with E-state index in [1.165, 1.54) is 89.9 Å². The first-order valence-electron chi connectivity index (χ1n) is 9.71. The van der Waals surface area contributed by atoms with Crippen LogP contribution in [0.4, 0.5) is 0 Å². The van der Waals surface area contributed by atoms with Crippen molar-refractivity contribution in [2.24, 2.45) is 23.7 Å².